The van der Waals surface area contributed by atoms with E-state index in [1.807, 2.05) is 0 Å². The highest BCUT2D eigenvalue weighted by Crippen LogP contribution is 2.49. The monoisotopic (exact) mass is 392 g/mol. The molecule has 0 unspecified atom stereocenters. The van der Waals surface area contributed by atoms with Crippen LogP contribution in [0.25, 0.3) is 0 Å². The van der Waals surface area contributed by atoms with Crippen molar-refractivity contribution in [1.29, 1.82) is 0 Å². The third-order valence-electron chi connectivity index (χ3n) is 5.05. The molecule has 1 amide bonds. The van der Waals surface area contributed by atoms with Gasteiger partial charge in [-0.25, -0.2) is 0 Å². The van der Waals surface area contributed by atoms with Gasteiger partial charge in [-0.2, -0.15) is 0 Å². The van der Waals surface area contributed by atoms with Crippen molar-refractivity contribution in [2.45, 2.75) is 5.60 Å². The average molecular weight is 393 g/mol. The number of nitrogens with zero attached hydrogens (tertiary/aromatic N) is 1. The van der Waals surface area contributed by atoms with Gasteiger partial charge < -0.3 is 14.6 Å². The van der Waals surface area contributed by atoms with Gasteiger partial charge in [0.1, 0.15) is 11.6 Å². The Labute approximate surface area is 164 Å². The summed E-state index contributed by atoms with van der Waals surface area (Å²) in [6.07, 6.45) is 1.41. The molecule has 0 radical (unpaired) electrons. The number of para-hydroxylation sites is 1. The molecule has 5 rings (SSSR count). The molecule has 2 atom stereocenters. The van der Waals surface area contributed by atoms with E-state index in [-0.39, 0.29) is 11.5 Å². The minimum atomic E-state index is -1.59. The topological polar surface area (TPSA) is 80.9 Å². The minimum Gasteiger partial charge on any atom is -0.461 e. The zero-order valence-corrected chi connectivity index (χ0v) is 15.1. The molecule has 1 N–H and O–H groups in total. The molecule has 0 fully saturated rings. The standard InChI is InChI=1S/C21H13ClN2O4/c22-13-9-7-12(8-10-13)18-17(19(25)16-6-3-11-27-16)21(28-24-18)14-4-1-2-5-15(14)23-20(21)26/h1-11,17H,(H,23,26)/t17-,21-/m1/s1. The van der Waals surface area contributed by atoms with E-state index in [4.69, 9.17) is 20.9 Å². The predicted octanol–water partition coefficient (Wildman–Crippen LogP) is 4.01. The van der Waals surface area contributed by atoms with Gasteiger partial charge in [0.25, 0.3) is 11.5 Å². The lowest BCUT2D eigenvalue weighted by molar-refractivity contribution is -0.140. The molecule has 6 nitrogen and oxygen atoms in total. The van der Waals surface area contributed by atoms with Crippen molar-refractivity contribution >= 4 is 34.7 Å². The van der Waals surface area contributed by atoms with Crippen LogP contribution in [0.3, 0.4) is 0 Å². The van der Waals surface area contributed by atoms with E-state index in [1.165, 1.54) is 6.26 Å². The number of furan rings is 1. The number of Topliss-reactive ketones (excluding diaryl/α,β-unsaturated/α-hetero) is 1. The number of carbonyl (C=O) groups is 2. The van der Waals surface area contributed by atoms with Crippen molar-refractivity contribution in [3.05, 3.63) is 88.8 Å². The summed E-state index contributed by atoms with van der Waals surface area (Å²) in [4.78, 5) is 32.2. The Kier molecular flexibility index (Phi) is 3.64. The lowest BCUT2D eigenvalue weighted by Crippen LogP contribution is -2.46. The van der Waals surface area contributed by atoms with Gasteiger partial charge in [0.05, 0.1) is 6.26 Å². The highest BCUT2D eigenvalue weighted by atomic mass is 35.5. The Balaban J connectivity index is 1.70. The second-order valence-electron chi connectivity index (χ2n) is 6.58. The number of fused-ring (bicyclic) bond motifs is 2. The van der Waals surface area contributed by atoms with Crippen LogP contribution in [0.2, 0.25) is 5.02 Å². The number of carbonyl (C=O) groups excluding carboxylic acids is 2. The molecule has 2 aliphatic heterocycles. The van der Waals surface area contributed by atoms with Crippen molar-refractivity contribution in [2.24, 2.45) is 11.1 Å². The van der Waals surface area contributed by atoms with Crippen LogP contribution in [0.15, 0.2) is 76.5 Å². The first-order valence-electron chi connectivity index (χ1n) is 8.62. The van der Waals surface area contributed by atoms with Crippen LogP contribution in [-0.4, -0.2) is 17.4 Å². The number of amides is 1. The van der Waals surface area contributed by atoms with E-state index in [1.54, 1.807) is 60.7 Å². The first kappa shape index (κ1) is 16.8. The second-order valence-corrected chi connectivity index (χ2v) is 7.02. The number of oxime groups is 1. The highest BCUT2D eigenvalue weighted by Gasteiger charge is 2.63. The number of rotatable bonds is 3. The molecule has 0 aliphatic carbocycles. The fraction of sp³-hybridized carbons (Fsp3) is 0.0952. The third-order valence-corrected chi connectivity index (χ3v) is 5.30. The Morgan fingerprint density at radius 2 is 1.86 bits per heavy atom. The Bertz CT molecular complexity index is 1120. The summed E-state index contributed by atoms with van der Waals surface area (Å²) in [7, 11) is 0. The van der Waals surface area contributed by atoms with E-state index in [9.17, 15) is 9.59 Å². The van der Waals surface area contributed by atoms with E-state index in [0.29, 0.717) is 27.5 Å². The van der Waals surface area contributed by atoms with Gasteiger partial charge in [-0.05, 0) is 30.3 Å². The number of halogens is 1. The zero-order valence-electron chi connectivity index (χ0n) is 14.4. The lowest BCUT2D eigenvalue weighted by atomic mass is 9.75. The zero-order chi connectivity index (χ0) is 19.3. The van der Waals surface area contributed by atoms with Crippen molar-refractivity contribution in [3.8, 4) is 0 Å². The maximum absolute atomic E-state index is 13.4. The normalized spacial score (nSPS) is 22.5. The maximum atomic E-state index is 13.4. The molecule has 0 saturated carbocycles. The maximum Gasteiger partial charge on any atom is 0.277 e. The van der Waals surface area contributed by atoms with E-state index in [2.05, 4.69) is 10.5 Å². The van der Waals surface area contributed by atoms with Gasteiger partial charge in [0, 0.05) is 21.8 Å². The highest BCUT2D eigenvalue weighted by molar-refractivity contribution is 6.31. The smallest absolute Gasteiger partial charge is 0.277 e. The Morgan fingerprint density at radius 3 is 2.61 bits per heavy atom. The summed E-state index contributed by atoms with van der Waals surface area (Å²) in [6, 6.07) is 17.2. The van der Waals surface area contributed by atoms with Gasteiger partial charge in [-0.1, -0.05) is 47.1 Å². The van der Waals surface area contributed by atoms with Gasteiger partial charge >= 0.3 is 0 Å². The van der Waals surface area contributed by atoms with Crippen molar-refractivity contribution in [1.82, 2.24) is 0 Å². The molecule has 0 bridgehead atoms. The molecular weight excluding hydrogens is 380 g/mol. The van der Waals surface area contributed by atoms with Crippen LogP contribution in [0, 0.1) is 5.92 Å². The summed E-state index contributed by atoms with van der Waals surface area (Å²) in [6.45, 7) is 0. The quantitative estimate of drug-likeness (QED) is 0.683. The number of hydrogen-bond acceptors (Lipinski definition) is 5. The molecule has 2 aliphatic rings. The molecule has 7 heteroatoms. The molecule has 0 saturated heterocycles. The number of anilines is 1. The Hall–Kier alpha value is -3.38. The summed E-state index contributed by atoms with van der Waals surface area (Å²) < 4.78 is 5.32. The summed E-state index contributed by atoms with van der Waals surface area (Å²) >= 11 is 5.99. The second kappa shape index (κ2) is 6.07. The number of nitrogens with one attached hydrogen (secondary N) is 1. The Morgan fingerprint density at radius 1 is 1.07 bits per heavy atom. The largest absolute Gasteiger partial charge is 0.461 e. The van der Waals surface area contributed by atoms with Gasteiger partial charge in [0.2, 0.25) is 5.78 Å². The molecule has 28 heavy (non-hydrogen) atoms. The van der Waals surface area contributed by atoms with Gasteiger partial charge in [-0.15, -0.1) is 0 Å². The van der Waals surface area contributed by atoms with Crippen LogP contribution in [0.1, 0.15) is 21.7 Å². The predicted molar refractivity (Wildman–Crippen MR) is 102 cm³/mol. The van der Waals surface area contributed by atoms with Gasteiger partial charge in [-0.3, -0.25) is 9.59 Å². The molecule has 138 valence electrons. The van der Waals surface area contributed by atoms with Crippen molar-refractivity contribution in [2.75, 3.05) is 5.32 Å². The summed E-state index contributed by atoms with van der Waals surface area (Å²) in [5.74, 6) is -1.70. The lowest BCUT2D eigenvalue weighted by Gasteiger charge is -2.26. The molecule has 1 spiro atoms. The van der Waals surface area contributed by atoms with E-state index >= 15 is 0 Å². The number of hydrogen-bond donors (Lipinski definition) is 1. The fourth-order valence-electron chi connectivity index (χ4n) is 3.76. The van der Waals surface area contributed by atoms with Crippen molar-refractivity contribution in [3.63, 3.8) is 0 Å². The van der Waals surface area contributed by atoms with Crippen molar-refractivity contribution < 1.29 is 18.8 Å². The fourth-order valence-corrected chi connectivity index (χ4v) is 3.89. The SMILES string of the molecule is O=C(c1ccco1)[C@H]1C(c2ccc(Cl)cc2)=NO[C@@]12C(=O)Nc1ccccc12. The average Bonchev–Trinajstić information content (AvgIpc) is 3.42. The van der Waals surface area contributed by atoms with E-state index in [0.717, 1.165) is 0 Å². The summed E-state index contributed by atoms with van der Waals surface area (Å²) in [5.41, 5.74) is 0.568. The van der Waals surface area contributed by atoms with Crippen LogP contribution in [0.5, 0.6) is 0 Å². The number of benzene rings is 2. The number of ketones is 1. The first-order valence-corrected chi connectivity index (χ1v) is 9.00. The van der Waals surface area contributed by atoms with Crippen LogP contribution >= 0.6 is 11.6 Å². The molecule has 2 aromatic carbocycles. The molecule has 3 heterocycles. The molecular formula is C21H13ClN2O4. The third kappa shape index (κ3) is 2.25. The van der Waals surface area contributed by atoms with Crippen LogP contribution < -0.4 is 5.32 Å². The van der Waals surface area contributed by atoms with Crippen LogP contribution in [0.4, 0.5) is 5.69 Å². The molecule has 1 aromatic heterocycles. The first-order chi connectivity index (χ1) is 13.6. The minimum absolute atomic E-state index is 0.133. The molecule has 3 aromatic rings. The van der Waals surface area contributed by atoms with Gasteiger partial charge in [0.15, 0.2) is 5.76 Å². The van der Waals surface area contributed by atoms with E-state index < -0.39 is 17.4 Å². The summed E-state index contributed by atoms with van der Waals surface area (Å²) in [5, 5.41) is 7.53. The van der Waals surface area contributed by atoms with Crippen LogP contribution in [-0.2, 0) is 15.2 Å².